The van der Waals surface area contributed by atoms with Crippen molar-refractivity contribution in [2.45, 2.75) is 32.9 Å². The molecule has 2 aromatic rings. The number of rotatable bonds is 6. The molecule has 0 aliphatic rings. The van der Waals surface area contributed by atoms with Gasteiger partial charge >= 0.3 is 0 Å². The predicted molar refractivity (Wildman–Crippen MR) is 88.8 cm³/mol. The van der Waals surface area contributed by atoms with Crippen molar-refractivity contribution in [3.63, 3.8) is 0 Å². The second kappa shape index (κ2) is 6.80. The van der Waals surface area contributed by atoms with Crippen LogP contribution in [0.5, 0.6) is 0 Å². The Bertz CT molecular complexity index is 531. The Hall–Kier alpha value is -0.750. The van der Waals surface area contributed by atoms with Crippen LogP contribution in [0.25, 0.3) is 0 Å². The van der Waals surface area contributed by atoms with Gasteiger partial charge in [-0.15, -0.1) is 22.7 Å². The lowest BCUT2D eigenvalue weighted by Gasteiger charge is -2.25. The van der Waals surface area contributed by atoms with Gasteiger partial charge in [0.25, 0.3) is 0 Å². The molecule has 0 aromatic carbocycles. The molecule has 110 valence electrons. The lowest BCUT2D eigenvalue weighted by Crippen LogP contribution is -2.31. The molecule has 0 aliphatic heterocycles. The molecular weight excluding hydrogens is 286 g/mol. The molecular formula is C15H23N3S2. The van der Waals surface area contributed by atoms with Crippen LogP contribution in [-0.2, 0) is 0 Å². The number of thiazole rings is 1. The number of aryl methyl sites for hydroxylation is 2. The molecule has 2 rings (SSSR count). The number of nitrogens with zero attached hydrogens (tertiary/aromatic N) is 2. The molecule has 2 aromatic heterocycles. The van der Waals surface area contributed by atoms with Crippen LogP contribution in [0.4, 0.5) is 0 Å². The summed E-state index contributed by atoms with van der Waals surface area (Å²) in [5.41, 5.74) is 1.16. The van der Waals surface area contributed by atoms with E-state index in [1.807, 2.05) is 11.3 Å². The first-order valence-electron chi connectivity index (χ1n) is 6.86. The van der Waals surface area contributed by atoms with Crippen molar-refractivity contribution in [3.05, 3.63) is 38.0 Å². The van der Waals surface area contributed by atoms with E-state index in [1.165, 1.54) is 9.75 Å². The van der Waals surface area contributed by atoms with Gasteiger partial charge in [0.05, 0.1) is 16.7 Å². The summed E-state index contributed by atoms with van der Waals surface area (Å²) in [7, 11) is 4.28. The Kier molecular flexibility index (Phi) is 5.32. The van der Waals surface area contributed by atoms with Gasteiger partial charge in [0, 0.05) is 22.3 Å². The Labute approximate surface area is 129 Å². The van der Waals surface area contributed by atoms with Crippen LogP contribution in [0, 0.1) is 13.8 Å². The van der Waals surface area contributed by atoms with Crippen LogP contribution < -0.4 is 5.32 Å². The molecule has 0 aliphatic carbocycles. The van der Waals surface area contributed by atoms with Crippen LogP contribution in [0.2, 0.25) is 0 Å². The molecule has 0 saturated heterocycles. The van der Waals surface area contributed by atoms with Crippen molar-refractivity contribution in [1.82, 2.24) is 15.2 Å². The maximum absolute atomic E-state index is 4.51. The van der Waals surface area contributed by atoms with E-state index in [4.69, 9.17) is 0 Å². The van der Waals surface area contributed by atoms with Crippen molar-refractivity contribution in [2.75, 3.05) is 20.6 Å². The summed E-state index contributed by atoms with van der Waals surface area (Å²) in [4.78, 5) is 9.55. The molecule has 0 bridgehead atoms. The van der Waals surface area contributed by atoms with Crippen LogP contribution in [-0.4, -0.2) is 30.5 Å². The van der Waals surface area contributed by atoms with Crippen molar-refractivity contribution in [2.24, 2.45) is 0 Å². The van der Waals surface area contributed by atoms with E-state index in [0.29, 0.717) is 12.1 Å². The van der Waals surface area contributed by atoms with E-state index < -0.39 is 0 Å². The molecule has 2 heterocycles. The van der Waals surface area contributed by atoms with Gasteiger partial charge in [-0.3, -0.25) is 0 Å². The highest BCUT2D eigenvalue weighted by molar-refractivity contribution is 7.11. The Morgan fingerprint density at radius 2 is 2.10 bits per heavy atom. The summed E-state index contributed by atoms with van der Waals surface area (Å²) in [6.07, 6.45) is 0. The van der Waals surface area contributed by atoms with Gasteiger partial charge < -0.3 is 10.2 Å². The molecule has 0 radical (unpaired) electrons. The van der Waals surface area contributed by atoms with Gasteiger partial charge in [-0.2, -0.15) is 0 Å². The van der Waals surface area contributed by atoms with Crippen molar-refractivity contribution < 1.29 is 0 Å². The third kappa shape index (κ3) is 3.67. The van der Waals surface area contributed by atoms with Crippen molar-refractivity contribution >= 4 is 22.7 Å². The number of aromatic nitrogens is 1. The maximum Gasteiger partial charge on any atom is 0.0900 e. The van der Waals surface area contributed by atoms with Gasteiger partial charge in [0.15, 0.2) is 0 Å². The van der Waals surface area contributed by atoms with Crippen LogP contribution in [0.3, 0.4) is 0 Å². The Morgan fingerprint density at radius 1 is 1.35 bits per heavy atom. The quantitative estimate of drug-likeness (QED) is 0.880. The Morgan fingerprint density at radius 3 is 2.60 bits per heavy atom. The van der Waals surface area contributed by atoms with Gasteiger partial charge in [0.1, 0.15) is 0 Å². The zero-order chi connectivity index (χ0) is 14.7. The minimum absolute atomic E-state index is 0.351. The predicted octanol–water partition coefficient (Wildman–Crippen LogP) is 3.77. The standard InChI is InChI=1S/C15H23N3S2/c1-10(15-11(2)17-12(3)20-15)16-9-13(18(4)5)14-7-6-8-19-14/h6-8,10,13,16H,9H2,1-5H3. The molecule has 0 spiro atoms. The van der Waals surface area contributed by atoms with Crippen LogP contribution in [0.15, 0.2) is 17.5 Å². The third-order valence-corrected chi connectivity index (χ3v) is 5.67. The van der Waals surface area contributed by atoms with E-state index in [2.05, 4.69) is 67.6 Å². The molecule has 3 nitrogen and oxygen atoms in total. The summed E-state index contributed by atoms with van der Waals surface area (Å²) < 4.78 is 0. The number of likely N-dealkylation sites (N-methyl/N-ethyl adjacent to an activating group) is 1. The Balaban J connectivity index is 2.01. The van der Waals surface area contributed by atoms with Crippen LogP contribution in [0.1, 0.15) is 39.5 Å². The monoisotopic (exact) mass is 309 g/mol. The largest absolute Gasteiger partial charge is 0.307 e. The molecule has 0 amide bonds. The number of nitrogens with one attached hydrogen (secondary N) is 1. The lowest BCUT2D eigenvalue weighted by molar-refractivity contribution is 0.286. The summed E-state index contributed by atoms with van der Waals surface area (Å²) >= 11 is 3.62. The fourth-order valence-electron chi connectivity index (χ4n) is 2.35. The highest BCUT2D eigenvalue weighted by atomic mass is 32.1. The summed E-state index contributed by atoms with van der Waals surface area (Å²) in [5, 5.41) is 6.95. The summed E-state index contributed by atoms with van der Waals surface area (Å²) in [5.74, 6) is 0. The molecule has 20 heavy (non-hydrogen) atoms. The van der Waals surface area contributed by atoms with E-state index in [-0.39, 0.29) is 0 Å². The topological polar surface area (TPSA) is 28.2 Å². The minimum atomic E-state index is 0.351. The summed E-state index contributed by atoms with van der Waals surface area (Å²) in [6.45, 7) is 7.34. The van der Waals surface area contributed by atoms with Gasteiger partial charge in [-0.05, 0) is 46.3 Å². The molecule has 2 atom stereocenters. The fraction of sp³-hybridized carbons (Fsp3) is 0.533. The third-order valence-electron chi connectivity index (χ3n) is 3.45. The van der Waals surface area contributed by atoms with E-state index in [1.54, 1.807) is 11.3 Å². The smallest absolute Gasteiger partial charge is 0.0900 e. The number of hydrogen-bond donors (Lipinski definition) is 1. The normalized spacial score (nSPS) is 14.7. The first-order chi connectivity index (χ1) is 9.49. The molecule has 1 N–H and O–H groups in total. The van der Waals surface area contributed by atoms with E-state index in [0.717, 1.165) is 17.2 Å². The second-order valence-corrected chi connectivity index (χ2v) is 7.52. The van der Waals surface area contributed by atoms with Crippen molar-refractivity contribution in [1.29, 1.82) is 0 Å². The SMILES string of the molecule is Cc1nc(C)c(C(C)NCC(c2cccs2)N(C)C)s1. The number of thiophene rings is 1. The maximum atomic E-state index is 4.51. The fourth-order valence-corrected chi connectivity index (χ4v) is 4.23. The average Bonchev–Trinajstić information content (AvgIpc) is 2.99. The summed E-state index contributed by atoms with van der Waals surface area (Å²) in [6, 6.07) is 5.11. The average molecular weight is 310 g/mol. The highest BCUT2D eigenvalue weighted by Gasteiger charge is 2.18. The zero-order valence-electron chi connectivity index (χ0n) is 12.8. The number of hydrogen-bond acceptors (Lipinski definition) is 5. The second-order valence-electron chi connectivity index (χ2n) is 5.31. The minimum Gasteiger partial charge on any atom is -0.307 e. The van der Waals surface area contributed by atoms with Crippen molar-refractivity contribution in [3.8, 4) is 0 Å². The van der Waals surface area contributed by atoms with Crippen LogP contribution >= 0.6 is 22.7 Å². The van der Waals surface area contributed by atoms with E-state index >= 15 is 0 Å². The van der Waals surface area contributed by atoms with E-state index in [9.17, 15) is 0 Å². The first kappa shape index (κ1) is 15.6. The highest BCUT2D eigenvalue weighted by Crippen LogP contribution is 2.26. The molecule has 0 fully saturated rings. The van der Waals surface area contributed by atoms with Gasteiger partial charge in [0.2, 0.25) is 0 Å². The molecule has 2 unspecified atom stereocenters. The molecule has 0 saturated carbocycles. The zero-order valence-corrected chi connectivity index (χ0v) is 14.4. The molecule has 5 heteroatoms. The lowest BCUT2D eigenvalue weighted by atomic mass is 10.2. The first-order valence-corrected chi connectivity index (χ1v) is 8.55. The van der Waals surface area contributed by atoms with Gasteiger partial charge in [-0.1, -0.05) is 6.07 Å². The van der Waals surface area contributed by atoms with Gasteiger partial charge in [-0.25, -0.2) is 4.98 Å².